The first kappa shape index (κ1) is 53.3. The summed E-state index contributed by atoms with van der Waals surface area (Å²) in [4.78, 5) is 128. The summed E-state index contributed by atoms with van der Waals surface area (Å²) in [5.74, 6) is -9.03. The van der Waals surface area contributed by atoms with Crippen LogP contribution in [-0.4, -0.2) is 133 Å². The quantitative estimate of drug-likeness (QED) is 0.0429. The molecule has 3 aliphatic heterocycles. The van der Waals surface area contributed by atoms with Gasteiger partial charge in [0.1, 0.15) is 24.5 Å². The van der Waals surface area contributed by atoms with Crippen molar-refractivity contribution in [1.29, 1.82) is 0 Å². The number of nitrogens with zero attached hydrogens (tertiary/aromatic N) is 1. The van der Waals surface area contributed by atoms with E-state index in [4.69, 9.17) is 20.7 Å². The predicted molar refractivity (Wildman–Crippen MR) is 270 cm³/mol. The Balaban J connectivity index is 1.10. The van der Waals surface area contributed by atoms with Crippen LogP contribution in [-0.2, 0) is 49.5 Å². The van der Waals surface area contributed by atoms with Gasteiger partial charge in [0.25, 0.3) is 0 Å². The molecule has 73 heavy (non-hydrogen) atoms. The van der Waals surface area contributed by atoms with E-state index in [9.17, 15) is 43.2 Å². The number of carboxylic acid groups (broad SMARTS) is 2. The summed E-state index contributed by atoms with van der Waals surface area (Å²) in [6, 6.07) is -2.66. The van der Waals surface area contributed by atoms with Gasteiger partial charge in [0, 0.05) is 106 Å². The van der Waals surface area contributed by atoms with Gasteiger partial charge in [-0.05, 0) is 80.5 Å². The number of thioether (sulfide) groups is 1. The van der Waals surface area contributed by atoms with Crippen LogP contribution in [0, 0.1) is 38.5 Å². The molecule has 5 amide bonds. The number of carboxylic acids is 2. The first-order valence-electron chi connectivity index (χ1n) is 24.0. The largest absolute Gasteiger partial charge is 0.480 e. The number of carbonyl (C=O) groups is 9. The van der Waals surface area contributed by atoms with E-state index in [1.165, 1.54) is 7.11 Å². The molecule has 3 aromatic heterocycles. The maximum atomic E-state index is 14.5. The van der Waals surface area contributed by atoms with Crippen molar-refractivity contribution in [1.82, 2.24) is 41.1 Å². The Kier molecular flexibility index (Phi) is 16.2. The Morgan fingerprint density at radius 3 is 2.33 bits per heavy atom. The van der Waals surface area contributed by atoms with Gasteiger partial charge in [0.2, 0.25) is 29.5 Å². The summed E-state index contributed by atoms with van der Waals surface area (Å²) in [6.45, 7) is 13.1. The molecular weight excluding hydrogens is 963 g/mol. The fourth-order valence-corrected chi connectivity index (χ4v) is 11.2. The van der Waals surface area contributed by atoms with Gasteiger partial charge in [-0.3, -0.25) is 48.1 Å². The van der Waals surface area contributed by atoms with E-state index in [1.807, 2.05) is 39.0 Å². The molecule has 7 rings (SSSR count). The third-order valence-corrected chi connectivity index (χ3v) is 15.4. The Hall–Kier alpha value is -7.46. The average Bonchev–Trinajstić information content (AvgIpc) is 4.15. The molecule has 11 N–H and O–H groups in total. The highest BCUT2D eigenvalue weighted by Gasteiger charge is 2.49. The number of ether oxygens (including phenoxy) is 1. The van der Waals surface area contributed by atoms with Gasteiger partial charge < -0.3 is 56.9 Å². The topological polar surface area (TPSA) is 328 Å². The van der Waals surface area contributed by atoms with E-state index in [1.54, 1.807) is 0 Å². The number of ketones is 1. The molecular formula is C51H61N9O12S. The summed E-state index contributed by atoms with van der Waals surface area (Å²) in [5.41, 5.74) is 15.3. The molecule has 0 radical (unpaired) electrons. The summed E-state index contributed by atoms with van der Waals surface area (Å²) >= 11 is 0.905. The summed E-state index contributed by atoms with van der Waals surface area (Å²) in [6.07, 6.45) is 8.06. The van der Waals surface area contributed by atoms with Crippen molar-refractivity contribution in [2.45, 2.75) is 90.5 Å². The standard InChI is InChI=1S/C51H61N9O12S/c1-8-26-22(3)30-16-32-24(5)28(45(58-32)43-44(51(71)72-7)47(66)42-25(6)33(59-46(42)43)18-35-27(9-2)23(4)31(56-35)17-34(26)55-30)10-12-38(61)53-14-15-60-40(63)19-37(49(60)68)73-21-36(48(67)54-20-41(64)65)57-39(62)13-11-29(52)50(69)70/h8,16-18,24,28-29,36-37,44,55-56,58-59H,1,9-15,19-21,52H2,2-7H3,(H,53,61)(H,54,67)(H,57,62)(H,64,65)(H,69,70)/t24-,28-,29-,36-,37?,44+/m0/s1. The van der Waals surface area contributed by atoms with Crippen molar-refractivity contribution in [2.75, 3.05) is 32.5 Å². The molecule has 0 aromatic carbocycles. The zero-order valence-corrected chi connectivity index (χ0v) is 42.3. The molecule has 0 saturated carbocycles. The Morgan fingerprint density at radius 1 is 0.945 bits per heavy atom. The van der Waals surface area contributed by atoms with Crippen LogP contribution in [0.3, 0.4) is 0 Å². The number of H-pyrrole nitrogens is 3. The minimum atomic E-state index is -1.34. The molecule has 6 heterocycles. The Morgan fingerprint density at radius 2 is 1.66 bits per heavy atom. The highest BCUT2D eigenvalue weighted by molar-refractivity contribution is 8.00. The fraction of sp³-hybridized carbons (Fsp3) is 0.431. The lowest BCUT2D eigenvalue weighted by Crippen LogP contribution is -2.50. The predicted octanol–water partition coefficient (Wildman–Crippen LogP) is 1.00. The van der Waals surface area contributed by atoms with Gasteiger partial charge in [-0.15, -0.1) is 11.8 Å². The van der Waals surface area contributed by atoms with Crippen LogP contribution in [0.2, 0.25) is 0 Å². The highest BCUT2D eigenvalue weighted by Crippen LogP contribution is 2.48. The van der Waals surface area contributed by atoms with Crippen LogP contribution in [0.25, 0.3) is 29.9 Å². The average molecular weight is 1020 g/mol. The van der Waals surface area contributed by atoms with E-state index < -0.39 is 83.0 Å². The van der Waals surface area contributed by atoms with Crippen molar-refractivity contribution < 1.29 is 58.1 Å². The monoisotopic (exact) mass is 1020 g/mol. The van der Waals surface area contributed by atoms with Crippen molar-refractivity contribution >= 4 is 94.9 Å². The zero-order valence-electron chi connectivity index (χ0n) is 41.5. The number of fused-ring (bicyclic) bond motifs is 7. The fourth-order valence-electron chi connectivity index (χ4n) is 10.1. The number of Topliss-reactive ketones (excluding diaryl/α,β-unsaturated/α-hetero) is 1. The lowest BCUT2D eigenvalue weighted by Gasteiger charge is -2.20. The molecule has 1 aliphatic carbocycles. The second-order valence-electron chi connectivity index (χ2n) is 18.6. The van der Waals surface area contributed by atoms with Crippen molar-refractivity contribution in [3.05, 3.63) is 84.8 Å². The molecule has 3 aromatic rings. The van der Waals surface area contributed by atoms with Crippen molar-refractivity contribution in [2.24, 2.45) is 23.5 Å². The van der Waals surface area contributed by atoms with Gasteiger partial charge in [0.05, 0.1) is 18.1 Å². The molecule has 22 heteroatoms. The van der Waals surface area contributed by atoms with Gasteiger partial charge >= 0.3 is 17.9 Å². The van der Waals surface area contributed by atoms with Crippen molar-refractivity contribution in [3.63, 3.8) is 0 Å². The number of amides is 5. The van der Waals surface area contributed by atoms with E-state index in [0.29, 0.717) is 33.8 Å². The zero-order chi connectivity index (χ0) is 53.2. The number of nitrogens with one attached hydrogen (secondary N) is 7. The van der Waals surface area contributed by atoms with Crippen LogP contribution in [0.5, 0.6) is 0 Å². The van der Waals surface area contributed by atoms with Gasteiger partial charge in [-0.1, -0.05) is 26.5 Å². The number of nitrogens with two attached hydrogens (primary N) is 1. The van der Waals surface area contributed by atoms with Gasteiger partial charge in [-0.2, -0.15) is 0 Å². The maximum absolute atomic E-state index is 14.5. The molecule has 388 valence electrons. The first-order chi connectivity index (χ1) is 34.7. The van der Waals surface area contributed by atoms with Crippen LogP contribution < -0.4 is 37.7 Å². The number of hydrogen-bond donors (Lipinski definition) is 10. The number of aromatic nitrogens is 3. The first-order valence-corrected chi connectivity index (χ1v) is 25.1. The number of aliphatic carboxylic acids is 2. The lowest BCUT2D eigenvalue weighted by atomic mass is 9.85. The number of likely N-dealkylation sites (tertiary alicyclic amines) is 1. The van der Waals surface area contributed by atoms with Crippen LogP contribution in [0.15, 0.2) is 18.0 Å². The molecule has 6 atom stereocenters. The summed E-state index contributed by atoms with van der Waals surface area (Å²) in [5, 5.41) is 29.9. The maximum Gasteiger partial charge on any atom is 0.322 e. The SMILES string of the molecule is C=Cc1c2[nH]c(c1C)C=C1NC(=C3c4[nH]c(c(C)c4C(=O)[C@@H]3C(=O)OC)C=c3[nH]c(c(C)c3CC)=C2)[C@@H](CCC(=O)NCCN2C(=O)CC(SC[C@H](NC(=O)CC[C@H](N)C(=O)O)C(=O)NCC(=O)O)C2=O)[C@@H]1C. The number of aromatic amines is 3. The molecule has 4 aliphatic rings. The van der Waals surface area contributed by atoms with Crippen LogP contribution >= 0.6 is 11.8 Å². The summed E-state index contributed by atoms with van der Waals surface area (Å²) < 4.78 is 5.25. The molecule has 2 saturated heterocycles. The number of carbonyl (C=O) groups excluding carboxylic acids is 7. The minimum absolute atomic E-state index is 0.0117. The number of rotatable bonds is 20. The third kappa shape index (κ3) is 10.8. The van der Waals surface area contributed by atoms with Gasteiger partial charge in [0.15, 0.2) is 5.78 Å². The van der Waals surface area contributed by atoms with E-state index >= 15 is 0 Å². The van der Waals surface area contributed by atoms with Crippen LogP contribution in [0.1, 0.15) is 107 Å². The molecule has 2 fully saturated rings. The van der Waals surface area contributed by atoms with Crippen molar-refractivity contribution in [3.8, 4) is 0 Å². The molecule has 8 bridgehead atoms. The number of methoxy groups -OCH3 is 1. The normalized spacial score (nSPS) is 19.6. The number of hydrogen-bond acceptors (Lipinski definition) is 13. The number of esters is 1. The highest BCUT2D eigenvalue weighted by atomic mass is 32.2. The lowest BCUT2D eigenvalue weighted by molar-refractivity contribution is -0.142. The molecule has 21 nitrogen and oxygen atoms in total. The van der Waals surface area contributed by atoms with E-state index in [-0.39, 0.29) is 62.8 Å². The van der Waals surface area contributed by atoms with E-state index in [0.717, 1.165) is 73.1 Å². The molecule has 1 unspecified atom stereocenters. The van der Waals surface area contributed by atoms with Gasteiger partial charge in [-0.25, -0.2) is 0 Å². The smallest absolute Gasteiger partial charge is 0.322 e. The summed E-state index contributed by atoms with van der Waals surface area (Å²) in [7, 11) is 1.24. The number of allylic oxidation sites excluding steroid dienone is 2. The Bertz CT molecular complexity index is 3030. The third-order valence-electron chi connectivity index (χ3n) is 14.2. The molecule has 0 spiro atoms. The second-order valence-corrected chi connectivity index (χ2v) is 19.8. The Labute approximate surface area is 424 Å². The second kappa shape index (κ2) is 22.1. The van der Waals surface area contributed by atoms with E-state index in [2.05, 4.69) is 62.7 Å². The van der Waals surface area contributed by atoms with Crippen LogP contribution in [0.4, 0.5) is 0 Å². The minimum Gasteiger partial charge on any atom is -0.480 e. The number of imide groups is 1.